The molecule has 0 radical (unpaired) electrons. The molecular weight excluding hydrogens is 222 g/mol. The van der Waals surface area contributed by atoms with Crippen LogP contribution in [0.1, 0.15) is 39.5 Å². The van der Waals surface area contributed by atoms with E-state index in [1.807, 2.05) is 13.8 Å². The smallest absolute Gasteiger partial charge is 0.336 e. The fourth-order valence-electron chi connectivity index (χ4n) is 2.18. The number of aliphatic carboxylic acids is 1. The van der Waals surface area contributed by atoms with Crippen molar-refractivity contribution in [1.29, 1.82) is 0 Å². The summed E-state index contributed by atoms with van der Waals surface area (Å²) in [6, 6.07) is 0. The van der Waals surface area contributed by atoms with Gasteiger partial charge in [-0.15, -0.1) is 0 Å². The number of ether oxygens (including phenoxy) is 1. The number of hydrogen-bond donors (Lipinski definition) is 1. The summed E-state index contributed by atoms with van der Waals surface area (Å²) >= 11 is 0. The normalized spacial score (nSPS) is 27.5. The standard InChI is InChI=1S/C12H21NO4/c1-11(2)6-5-7-12(17-11,10(15)16)8-9(14)13(3)4/h5-8H2,1-4H3,(H,15,16). The molecular formula is C12H21NO4. The molecule has 0 bridgehead atoms. The van der Waals surface area contributed by atoms with Gasteiger partial charge in [0.2, 0.25) is 5.91 Å². The van der Waals surface area contributed by atoms with Crippen LogP contribution in [0.15, 0.2) is 0 Å². The molecule has 5 heteroatoms. The van der Waals surface area contributed by atoms with Crippen LogP contribution in [0.3, 0.4) is 0 Å². The second kappa shape index (κ2) is 4.64. The Bertz CT molecular complexity index is 324. The first-order valence-electron chi connectivity index (χ1n) is 5.82. The second-order valence-corrected chi connectivity index (χ2v) is 5.48. The zero-order chi connectivity index (χ0) is 13.3. The van der Waals surface area contributed by atoms with Crippen LogP contribution < -0.4 is 0 Å². The van der Waals surface area contributed by atoms with Gasteiger partial charge in [-0.25, -0.2) is 4.79 Å². The van der Waals surface area contributed by atoms with Gasteiger partial charge in [-0.1, -0.05) is 0 Å². The molecule has 5 nitrogen and oxygen atoms in total. The average molecular weight is 243 g/mol. The Hall–Kier alpha value is -1.10. The van der Waals surface area contributed by atoms with E-state index in [2.05, 4.69) is 0 Å². The fraction of sp³-hybridized carbons (Fsp3) is 0.833. The number of carboxylic acid groups (broad SMARTS) is 1. The van der Waals surface area contributed by atoms with E-state index in [0.29, 0.717) is 6.42 Å². The van der Waals surface area contributed by atoms with Crippen molar-refractivity contribution in [1.82, 2.24) is 4.90 Å². The molecule has 1 rings (SSSR count). The molecule has 0 aliphatic carbocycles. The third-order valence-corrected chi connectivity index (χ3v) is 3.16. The van der Waals surface area contributed by atoms with Gasteiger partial charge in [-0.2, -0.15) is 0 Å². The summed E-state index contributed by atoms with van der Waals surface area (Å²) in [5, 5.41) is 9.36. The third kappa shape index (κ3) is 3.19. The molecule has 17 heavy (non-hydrogen) atoms. The Kier molecular flexibility index (Phi) is 3.81. The first-order valence-corrected chi connectivity index (χ1v) is 5.82. The number of nitrogens with zero attached hydrogens (tertiary/aromatic N) is 1. The maximum Gasteiger partial charge on any atom is 0.336 e. The number of hydrogen-bond acceptors (Lipinski definition) is 3. The molecule has 0 saturated carbocycles. The van der Waals surface area contributed by atoms with Gasteiger partial charge in [-0.3, -0.25) is 4.79 Å². The molecule has 1 N–H and O–H groups in total. The number of carbonyl (C=O) groups excluding carboxylic acids is 1. The molecule has 1 amide bonds. The third-order valence-electron chi connectivity index (χ3n) is 3.16. The van der Waals surface area contributed by atoms with Crippen LogP contribution in [-0.2, 0) is 14.3 Å². The van der Waals surface area contributed by atoms with Crippen LogP contribution in [0.5, 0.6) is 0 Å². The summed E-state index contributed by atoms with van der Waals surface area (Å²) in [4.78, 5) is 24.5. The van der Waals surface area contributed by atoms with E-state index in [-0.39, 0.29) is 12.3 Å². The van der Waals surface area contributed by atoms with E-state index in [1.165, 1.54) is 4.90 Å². The number of carboxylic acids is 1. The Balaban J connectivity index is 2.90. The first-order chi connectivity index (χ1) is 7.68. The molecule has 1 atom stereocenters. The predicted molar refractivity (Wildman–Crippen MR) is 62.7 cm³/mol. The lowest BCUT2D eigenvalue weighted by Gasteiger charge is -2.42. The zero-order valence-electron chi connectivity index (χ0n) is 10.9. The second-order valence-electron chi connectivity index (χ2n) is 5.48. The van der Waals surface area contributed by atoms with Gasteiger partial charge < -0.3 is 14.7 Å². The highest BCUT2D eigenvalue weighted by Gasteiger charge is 2.48. The molecule has 1 heterocycles. The minimum atomic E-state index is -1.36. The van der Waals surface area contributed by atoms with Gasteiger partial charge in [0, 0.05) is 14.1 Å². The van der Waals surface area contributed by atoms with Crippen molar-refractivity contribution in [2.75, 3.05) is 14.1 Å². The van der Waals surface area contributed by atoms with Gasteiger partial charge in [0.05, 0.1) is 12.0 Å². The SMILES string of the molecule is CN(C)C(=O)CC1(C(=O)O)CCCC(C)(C)O1. The highest BCUT2D eigenvalue weighted by atomic mass is 16.5. The van der Waals surface area contributed by atoms with E-state index in [9.17, 15) is 14.7 Å². The summed E-state index contributed by atoms with van der Waals surface area (Å²) < 4.78 is 5.70. The Morgan fingerprint density at radius 2 is 1.88 bits per heavy atom. The van der Waals surface area contributed by atoms with E-state index in [4.69, 9.17) is 4.74 Å². The molecule has 98 valence electrons. The van der Waals surface area contributed by atoms with E-state index >= 15 is 0 Å². The lowest BCUT2D eigenvalue weighted by Crippen LogP contribution is -2.53. The predicted octanol–water partition coefficient (Wildman–Crippen LogP) is 1.27. The Morgan fingerprint density at radius 1 is 1.29 bits per heavy atom. The highest BCUT2D eigenvalue weighted by molar-refractivity contribution is 5.87. The minimum Gasteiger partial charge on any atom is -0.479 e. The van der Waals surface area contributed by atoms with Crippen LogP contribution in [-0.4, -0.2) is 47.2 Å². The van der Waals surface area contributed by atoms with Crippen molar-refractivity contribution in [3.63, 3.8) is 0 Å². The monoisotopic (exact) mass is 243 g/mol. The van der Waals surface area contributed by atoms with Gasteiger partial charge in [-0.05, 0) is 33.1 Å². The summed E-state index contributed by atoms with van der Waals surface area (Å²) in [5.41, 5.74) is -1.84. The van der Waals surface area contributed by atoms with Crippen LogP contribution in [0.4, 0.5) is 0 Å². The van der Waals surface area contributed by atoms with Crippen molar-refractivity contribution in [2.45, 2.75) is 50.7 Å². The lowest BCUT2D eigenvalue weighted by atomic mass is 9.84. The molecule has 1 unspecified atom stereocenters. The maximum atomic E-state index is 11.7. The fourth-order valence-corrected chi connectivity index (χ4v) is 2.18. The van der Waals surface area contributed by atoms with Crippen molar-refractivity contribution in [2.24, 2.45) is 0 Å². The number of rotatable bonds is 3. The van der Waals surface area contributed by atoms with Gasteiger partial charge in [0.15, 0.2) is 5.60 Å². The molecule has 1 aliphatic rings. The number of carbonyl (C=O) groups is 2. The molecule has 1 aliphatic heterocycles. The van der Waals surface area contributed by atoms with E-state index < -0.39 is 17.2 Å². The topological polar surface area (TPSA) is 66.8 Å². The summed E-state index contributed by atoms with van der Waals surface area (Å²) in [6.07, 6.45) is 1.88. The van der Waals surface area contributed by atoms with Gasteiger partial charge >= 0.3 is 5.97 Å². The van der Waals surface area contributed by atoms with Gasteiger partial charge in [0.1, 0.15) is 0 Å². The summed E-state index contributed by atoms with van der Waals surface area (Å²) in [5.74, 6) is -1.26. The first kappa shape index (κ1) is 14.0. The van der Waals surface area contributed by atoms with Crippen LogP contribution in [0.2, 0.25) is 0 Å². The number of amides is 1. The van der Waals surface area contributed by atoms with Crippen LogP contribution in [0.25, 0.3) is 0 Å². The van der Waals surface area contributed by atoms with E-state index in [0.717, 1.165) is 12.8 Å². The largest absolute Gasteiger partial charge is 0.479 e. The summed E-state index contributed by atoms with van der Waals surface area (Å²) in [6.45, 7) is 3.73. The van der Waals surface area contributed by atoms with Crippen LogP contribution >= 0.6 is 0 Å². The van der Waals surface area contributed by atoms with E-state index in [1.54, 1.807) is 14.1 Å². The molecule has 0 aromatic heterocycles. The quantitative estimate of drug-likeness (QED) is 0.810. The molecule has 1 saturated heterocycles. The molecule has 0 spiro atoms. The minimum absolute atomic E-state index is 0.0984. The Labute approximate surface area is 102 Å². The molecule has 1 fully saturated rings. The van der Waals surface area contributed by atoms with Gasteiger partial charge in [0.25, 0.3) is 0 Å². The van der Waals surface area contributed by atoms with Crippen molar-refractivity contribution in [3.05, 3.63) is 0 Å². The van der Waals surface area contributed by atoms with Crippen molar-refractivity contribution >= 4 is 11.9 Å². The molecule has 0 aromatic rings. The average Bonchev–Trinajstić information content (AvgIpc) is 2.15. The lowest BCUT2D eigenvalue weighted by molar-refractivity contribution is -0.205. The maximum absolute atomic E-state index is 11.7. The Morgan fingerprint density at radius 3 is 2.29 bits per heavy atom. The van der Waals surface area contributed by atoms with Crippen LogP contribution in [0, 0.1) is 0 Å². The van der Waals surface area contributed by atoms with Crippen molar-refractivity contribution < 1.29 is 19.4 Å². The zero-order valence-corrected chi connectivity index (χ0v) is 10.9. The van der Waals surface area contributed by atoms with Crippen molar-refractivity contribution in [3.8, 4) is 0 Å². The highest BCUT2D eigenvalue weighted by Crippen LogP contribution is 2.37. The molecule has 0 aromatic carbocycles. The summed E-state index contributed by atoms with van der Waals surface area (Å²) in [7, 11) is 3.23.